The predicted octanol–water partition coefficient (Wildman–Crippen LogP) is 3.55. The second-order valence-electron chi connectivity index (χ2n) is 4.63. The molecule has 0 radical (unpaired) electrons. The van der Waals surface area contributed by atoms with E-state index in [-0.39, 0.29) is 5.38 Å². The number of rotatable bonds is 1. The van der Waals surface area contributed by atoms with Crippen molar-refractivity contribution in [2.24, 2.45) is 5.92 Å². The van der Waals surface area contributed by atoms with Gasteiger partial charge in [-0.15, -0.1) is 11.6 Å². The molecule has 0 N–H and O–H groups in total. The zero-order valence-corrected chi connectivity index (χ0v) is 10.7. The summed E-state index contributed by atoms with van der Waals surface area (Å²) in [6.45, 7) is 3.49. The highest BCUT2D eigenvalue weighted by Crippen LogP contribution is 2.30. The normalized spacial score (nSPS) is 25.3. The Morgan fingerprint density at radius 3 is 2.61 bits per heavy atom. The number of anilines is 1. The predicted molar refractivity (Wildman–Crippen MR) is 64.9 cm³/mol. The lowest BCUT2D eigenvalue weighted by atomic mass is 9.98. The average molecular weight is 279 g/mol. The molecule has 1 aromatic rings. The molecule has 2 nitrogen and oxygen atoms in total. The maximum absolute atomic E-state index is 12.4. The minimum atomic E-state index is -4.34. The van der Waals surface area contributed by atoms with Crippen LogP contribution in [0.25, 0.3) is 0 Å². The van der Waals surface area contributed by atoms with Crippen LogP contribution in [0, 0.1) is 5.92 Å². The van der Waals surface area contributed by atoms with Crippen LogP contribution in [0.1, 0.15) is 18.9 Å². The van der Waals surface area contributed by atoms with Crippen LogP contribution in [0.3, 0.4) is 0 Å². The van der Waals surface area contributed by atoms with Gasteiger partial charge in [-0.3, -0.25) is 0 Å². The molecule has 0 aliphatic carbocycles. The summed E-state index contributed by atoms with van der Waals surface area (Å²) in [7, 11) is 0. The Morgan fingerprint density at radius 1 is 1.39 bits per heavy atom. The van der Waals surface area contributed by atoms with Gasteiger partial charge in [0.25, 0.3) is 0 Å². The fourth-order valence-electron chi connectivity index (χ4n) is 1.97. The van der Waals surface area contributed by atoms with E-state index in [0.717, 1.165) is 25.2 Å². The first-order chi connectivity index (χ1) is 8.38. The van der Waals surface area contributed by atoms with Crippen molar-refractivity contribution < 1.29 is 13.2 Å². The van der Waals surface area contributed by atoms with Crippen LogP contribution in [0.5, 0.6) is 0 Å². The molecular formula is C12H14ClF3N2. The van der Waals surface area contributed by atoms with Gasteiger partial charge in [0.05, 0.1) is 10.9 Å². The summed E-state index contributed by atoms with van der Waals surface area (Å²) in [4.78, 5) is 5.80. The Labute approximate surface area is 109 Å². The third kappa shape index (κ3) is 2.88. The van der Waals surface area contributed by atoms with Crippen LogP contribution in [-0.4, -0.2) is 23.5 Å². The molecule has 0 amide bonds. The molecule has 1 fully saturated rings. The molecule has 1 aliphatic rings. The Hall–Kier alpha value is -0.970. The molecule has 1 aromatic heterocycles. The number of halogens is 4. The minimum Gasteiger partial charge on any atom is -0.355 e. The van der Waals surface area contributed by atoms with Crippen molar-refractivity contribution >= 4 is 17.4 Å². The minimum absolute atomic E-state index is 0.0165. The first-order valence-electron chi connectivity index (χ1n) is 5.80. The number of nitrogens with zero attached hydrogens (tertiary/aromatic N) is 2. The zero-order chi connectivity index (χ0) is 13.3. The van der Waals surface area contributed by atoms with Gasteiger partial charge in [-0.2, -0.15) is 13.2 Å². The molecule has 1 saturated heterocycles. The second-order valence-corrected chi connectivity index (χ2v) is 5.19. The molecule has 18 heavy (non-hydrogen) atoms. The van der Waals surface area contributed by atoms with E-state index in [2.05, 4.69) is 11.9 Å². The van der Waals surface area contributed by atoms with Gasteiger partial charge in [-0.1, -0.05) is 6.92 Å². The van der Waals surface area contributed by atoms with E-state index in [0.29, 0.717) is 18.3 Å². The maximum atomic E-state index is 12.4. The van der Waals surface area contributed by atoms with Crippen LogP contribution in [0.2, 0.25) is 0 Å². The van der Waals surface area contributed by atoms with Crippen LogP contribution in [0.15, 0.2) is 18.3 Å². The van der Waals surface area contributed by atoms with E-state index in [9.17, 15) is 13.2 Å². The van der Waals surface area contributed by atoms with Gasteiger partial charge in [-0.25, -0.2) is 4.98 Å². The summed E-state index contributed by atoms with van der Waals surface area (Å²) < 4.78 is 37.2. The maximum Gasteiger partial charge on any atom is 0.417 e. The highest BCUT2D eigenvalue weighted by molar-refractivity contribution is 6.21. The van der Waals surface area contributed by atoms with Gasteiger partial charge in [0.15, 0.2) is 0 Å². The number of aromatic nitrogens is 1. The standard InChI is InChI=1S/C12H14ClF3N2/c1-8-4-5-18(7-10(8)13)11-3-2-9(6-17-11)12(14,15)16/h2-3,6,8,10H,4-5,7H2,1H3. The smallest absolute Gasteiger partial charge is 0.355 e. The summed E-state index contributed by atoms with van der Waals surface area (Å²) in [6, 6.07) is 2.46. The zero-order valence-electron chi connectivity index (χ0n) is 9.91. The largest absolute Gasteiger partial charge is 0.417 e. The van der Waals surface area contributed by atoms with E-state index in [1.54, 1.807) is 0 Å². The Kier molecular flexibility index (Phi) is 3.71. The molecular weight excluding hydrogens is 265 g/mol. The third-order valence-corrected chi connectivity index (χ3v) is 3.83. The number of pyridine rings is 1. The van der Waals surface area contributed by atoms with E-state index in [4.69, 9.17) is 11.6 Å². The van der Waals surface area contributed by atoms with Crippen molar-refractivity contribution in [3.63, 3.8) is 0 Å². The first kappa shape index (κ1) is 13.5. The van der Waals surface area contributed by atoms with Crippen molar-refractivity contribution in [2.45, 2.75) is 24.9 Å². The van der Waals surface area contributed by atoms with Crippen molar-refractivity contribution in [2.75, 3.05) is 18.0 Å². The van der Waals surface area contributed by atoms with Gasteiger partial charge in [0.1, 0.15) is 5.82 Å². The number of piperidine rings is 1. The Balaban J connectivity index is 2.11. The van der Waals surface area contributed by atoms with Gasteiger partial charge in [-0.05, 0) is 24.5 Å². The SMILES string of the molecule is CC1CCN(c2ccc(C(F)(F)F)cn2)CC1Cl. The molecule has 0 saturated carbocycles. The number of hydrogen-bond acceptors (Lipinski definition) is 2. The lowest BCUT2D eigenvalue weighted by molar-refractivity contribution is -0.137. The Bertz CT molecular complexity index is 405. The molecule has 0 spiro atoms. The summed E-state index contributed by atoms with van der Waals surface area (Å²) in [5, 5.41) is 0.0165. The van der Waals surface area contributed by atoms with Crippen LogP contribution in [-0.2, 0) is 6.18 Å². The molecule has 6 heteroatoms. The van der Waals surface area contributed by atoms with E-state index in [1.807, 2.05) is 4.90 Å². The van der Waals surface area contributed by atoms with Crippen molar-refractivity contribution in [3.8, 4) is 0 Å². The quantitative estimate of drug-likeness (QED) is 0.730. The molecule has 1 aliphatic heterocycles. The van der Waals surface area contributed by atoms with Crippen LogP contribution < -0.4 is 4.90 Å². The number of hydrogen-bond donors (Lipinski definition) is 0. The number of alkyl halides is 4. The molecule has 0 bridgehead atoms. The van der Waals surface area contributed by atoms with Crippen LogP contribution in [0.4, 0.5) is 19.0 Å². The lowest BCUT2D eigenvalue weighted by Gasteiger charge is -2.34. The van der Waals surface area contributed by atoms with E-state index < -0.39 is 11.7 Å². The van der Waals surface area contributed by atoms with Gasteiger partial charge in [0, 0.05) is 19.3 Å². The Morgan fingerprint density at radius 2 is 2.11 bits per heavy atom. The van der Waals surface area contributed by atoms with Gasteiger partial charge >= 0.3 is 6.18 Å². The molecule has 100 valence electrons. The summed E-state index contributed by atoms with van der Waals surface area (Å²) in [5.74, 6) is 0.984. The van der Waals surface area contributed by atoms with Crippen molar-refractivity contribution in [3.05, 3.63) is 23.9 Å². The molecule has 2 unspecified atom stereocenters. The first-order valence-corrected chi connectivity index (χ1v) is 6.24. The fourth-order valence-corrected chi connectivity index (χ4v) is 2.26. The summed E-state index contributed by atoms with van der Waals surface area (Å²) in [5.41, 5.74) is -0.723. The van der Waals surface area contributed by atoms with Crippen molar-refractivity contribution in [1.82, 2.24) is 4.98 Å². The summed E-state index contributed by atoms with van der Waals surface area (Å²) >= 11 is 6.17. The topological polar surface area (TPSA) is 16.1 Å². The molecule has 0 aromatic carbocycles. The van der Waals surface area contributed by atoms with Crippen LogP contribution >= 0.6 is 11.6 Å². The lowest BCUT2D eigenvalue weighted by Crippen LogP contribution is -2.40. The molecule has 2 atom stereocenters. The van der Waals surface area contributed by atoms with Gasteiger partial charge < -0.3 is 4.90 Å². The molecule has 2 heterocycles. The highest BCUT2D eigenvalue weighted by Gasteiger charge is 2.31. The summed E-state index contributed by atoms with van der Waals surface area (Å²) in [6.07, 6.45) is -2.54. The highest BCUT2D eigenvalue weighted by atomic mass is 35.5. The monoisotopic (exact) mass is 278 g/mol. The van der Waals surface area contributed by atoms with E-state index in [1.165, 1.54) is 6.07 Å². The average Bonchev–Trinajstić information content (AvgIpc) is 2.32. The van der Waals surface area contributed by atoms with Crippen molar-refractivity contribution in [1.29, 1.82) is 0 Å². The van der Waals surface area contributed by atoms with Gasteiger partial charge in [0.2, 0.25) is 0 Å². The van der Waals surface area contributed by atoms with E-state index >= 15 is 0 Å². The fraction of sp³-hybridized carbons (Fsp3) is 0.583. The second kappa shape index (κ2) is 4.96. The molecule has 2 rings (SSSR count). The third-order valence-electron chi connectivity index (χ3n) is 3.27.